The van der Waals surface area contributed by atoms with E-state index < -0.39 is 5.60 Å². The van der Waals surface area contributed by atoms with Gasteiger partial charge in [0.05, 0.1) is 12.2 Å². The predicted molar refractivity (Wildman–Crippen MR) is 61.4 cm³/mol. The van der Waals surface area contributed by atoms with E-state index in [1.807, 2.05) is 20.8 Å². The first-order chi connectivity index (χ1) is 7.97. The Morgan fingerprint density at radius 3 is 2.94 bits per heavy atom. The van der Waals surface area contributed by atoms with Gasteiger partial charge < -0.3 is 9.15 Å². The molecule has 1 aromatic rings. The van der Waals surface area contributed by atoms with E-state index in [0.717, 1.165) is 18.6 Å². The van der Waals surface area contributed by atoms with Crippen molar-refractivity contribution in [2.45, 2.75) is 45.3 Å². The largest absolute Gasteiger partial charge is 0.446 e. The number of oxazole rings is 1. The monoisotopic (exact) mass is 238 g/mol. The van der Waals surface area contributed by atoms with Gasteiger partial charge in [-0.15, -0.1) is 0 Å². The molecule has 1 aliphatic rings. The molecule has 0 aromatic carbocycles. The lowest BCUT2D eigenvalue weighted by atomic mass is 10.2. The van der Waals surface area contributed by atoms with Gasteiger partial charge in [-0.3, -0.25) is 4.90 Å². The van der Waals surface area contributed by atoms with Crippen molar-refractivity contribution in [3.05, 3.63) is 18.4 Å². The number of carbonyl (C=O) groups is 1. The van der Waals surface area contributed by atoms with Crippen LogP contribution in [0.2, 0.25) is 0 Å². The molecule has 0 saturated carbocycles. The summed E-state index contributed by atoms with van der Waals surface area (Å²) in [6.45, 7) is 6.31. The molecule has 17 heavy (non-hydrogen) atoms. The molecule has 1 amide bonds. The molecule has 0 aliphatic carbocycles. The molecule has 1 fully saturated rings. The maximum absolute atomic E-state index is 12.0. The maximum atomic E-state index is 12.0. The quantitative estimate of drug-likeness (QED) is 0.754. The van der Waals surface area contributed by atoms with E-state index in [-0.39, 0.29) is 12.1 Å². The highest BCUT2D eigenvalue weighted by atomic mass is 16.6. The Hall–Kier alpha value is -1.52. The highest BCUT2D eigenvalue weighted by Gasteiger charge is 2.34. The van der Waals surface area contributed by atoms with Crippen LogP contribution in [0.15, 0.2) is 17.0 Å². The van der Waals surface area contributed by atoms with Crippen molar-refractivity contribution >= 4 is 6.09 Å². The Kier molecular flexibility index (Phi) is 3.09. The zero-order valence-electron chi connectivity index (χ0n) is 10.5. The summed E-state index contributed by atoms with van der Waals surface area (Å²) < 4.78 is 10.6. The van der Waals surface area contributed by atoms with Crippen molar-refractivity contribution in [1.29, 1.82) is 0 Å². The lowest BCUT2D eigenvalue weighted by Crippen LogP contribution is -2.36. The Balaban J connectivity index is 2.07. The average Bonchev–Trinajstić information content (AvgIpc) is 2.85. The van der Waals surface area contributed by atoms with E-state index >= 15 is 0 Å². The summed E-state index contributed by atoms with van der Waals surface area (Å²) in [7, 11) is 0. The van der Waals surface area contributed by atoms with Gasteiger partial charge in [-0.1, -0.05) is 0 Å². The molecule has 5 nitrogen and oxygen atoms in total. The molecule has 1 unspecified atom stereocenters. The third kappa shape index (κ3) is 2.78. The van der Waals surface area contributed by atoms with E-state index in [2.05, 4.69) is 4.98 Å². The number of carbonyl (C=O) groups excluding carboxylic acids is 1. The minimum Gasteiger partial charge on any atom is -0.446 e. The van der Waals surface area contributed by atoms with Crippen LogP contribution in [0.3, 0.4) is 0 Å². The van der Waals surface area contributed by atoms with Gasteiger partial charge in [0.25, 0.3) is 0 Å². The van der Waals surface area contributed by atoms with E-state index in [0.29, 0.717) is 6.54 Å². The number of rotatable bonds is 1. The van der Waals surface area contributed by atoms with Crippen LogP contribution in [0.4, 0.5) is 4.79 Å². The van der Waals surface area contributed by atoms with Crippen LogP contribution in [-0.4, -0.2) is 28.1 Å². The van der Waals surface area contributed by atoms with E-state index in [1.54, 1.807) is 11.1 Å². The van der Waals surface area contributed by atoms with Crippen LogP contribution in [0.25, 0.3) is 0 Å². The van der Waals surface area contributed by atoms with Gasteiger partial charge in [-0.2, -0.15) is 0 Å². The lowest BCUT2D eigenvalue weighted by molar-refractivity contribution is 0.0208. The van der Waals surface area contributed by atoms with Crippen LogP contribution in [0, 0.1) is 0 Å². The van der Waals surface area contributed by atoms with E-state index in [4.69, 9.17) is 9.15 Å². The van der Waals surface area contributed by atoms with E-state index in [9.17, 15) is 4.79 Å². The molecule has 1 atom stereocenters. The standard InChI is InChI=1S/C12H18N2O3/c1-12(2,3)17-11(15)14-6-4-5-9(14)10-7-13-8-16-10/h7-9H,4-6H2,1-3H3. The third-order valence-corrected chi connectivity index (χ3v) is 2.66. The Labute approximate surface area is 101 Å². The molecule has 2 heterocycles. The number of hydrogen-bond acceptors (Lipinski definition) is 4. The fourth-order valence-electron chi connectivity index (χ4n) is 1.99. The summed E-state index contributed by atoms with van der Waals surface area (Å²) in [6, 6.07) is -0.0349. The minimum atomic E-state index is -0.467. The van der Waals surface area contributed by atoms with Crippen LogP contribution in [0.1, 0.15) is 45.4 Å². The molecular formula is C12H18N2O3. The number of amides is 1. The first kappa shape index (κ1) is 12.0. The van der Waals surface area contributed by atoms with Crippen LogP contribution < -0.4 is 0 Å². The maximum Gasteiger partial charge on any atom is 0.410 e. The van der Waals surface area contributed by atoms with Crippen molar-refractivity contribution < 1.29 is 13.9 Å². The fraction of sp³-hybridized carbons (Fsp3) is 0.667. The highest BCUT2D eigenvalue weighted by molar-refractivity contribution is 5.69. The Bertz CT molecular complexity index is 381. The predicted octanol–water partition coefficient (Wildman–Crippen LogP) is 2.75. The second-order valence-electron chi connectivity index (χ2n) is 5.24. The molecule has 1 saturated heterocycles. The molecule has 1 aliphatic heterocycles. The summed E-state index contributed by atoms with van der Waals surface area (Å²) in [5, 5.41) is 0. The summed E-state index contributed by atoms with van der Waals surface area (Å²) in [5.74, 6) is 0.730. The molecule has 0 bridgehead atoms. The molecule has 94 valence electrons. The molecule has 1 aromatic heterocycles. The van der Waals surface area contributed by atoms with Crippen LogP contribution in [-0.2, 0) is 4.74 Å². The molecule has 5 heteroatoms. The first-order valence-electron chi connectivity index (χ1n) is 5.85. The molecule has 2 rings (SSSR count). The lowest BCUT2D eigenvalue weighted by Gasteiger charge is -2.27. The number of hydrogen-bond donors (Lipinski definition) is 0. The van der Waals surface area contributed by atoms with Crippen molar-refractivity contribution in [3.8, 4) is 0 Å². The van der Waals surface area contributed by atoms with Gasteiger partial charge in [-0.25, -0.2) is 9.78 Å². The van der Waals surface area contributed by atoms with Crippen molar-refractivity contribution in [1.82, 2.24) is 9.88 Å². The smallest absolute Gasteiger partial charge is 0.410 e. The number of ether oxygens (including phenoxy) is 1. The highest BCUT2D eigenvalue weighted by Crippen LogP contribution is 2.32. The van der Waals surface area contributed by atoms with Gasteiger partial charge in [0, 0.05) is 6.54 Å². The van der Waals surface area contributed by atoms with Crippen LogP contribution in [0.5, 0.6) is 0 Å². The summed E-state index contributed by atoms with van der Waals surface area (Å²) in [5.41, 5.74) is -0.467. The summed E-state index contributed by atoms with van der Waals surface area (Å²) in [6.07, 6.45) is 4.63. The van der Waals surface area contributed by atoms with Crippen molar-refractivity contribution in [3.63, 3.8) is 0 Å². The SMILES string of the molecule is CC(C)(C)OC(=O)N1CCCC1c1cnco1. The molecular weight excluding hydrogens is 220 g/mol. The second-order valence-corrected chi connectivity index (χ2v) is 5.24. The van der Waals surface area contributed by atoms with Gasteiger partial charge in [-0.05, 0) is 33.6 Å². The van der Waals surface area contributed by atoms with Gasteiger partial charge in [0.15, 0.2) is 6.39 Å². The van der Waals surface area contributed by atoms with Crippen LogP contribution >= 0.6 is 0 Å². The summed E-state index contributed by atoms with van der Waals surface area (Å²) >= 11 is 0. The van der Waals surface area contributed by atoms with Gasteiger partial charge >= 0.3 is 6.09 Å². The second kappa shape index (κ2) is 4.39. The Morgan fingerprint density at radius 1 is 1.59 bits per heavy atom. The number of nitrogens with zero attached hydrogens (tertiary/aromatic N) is 2. The zero-order chi connectivity index (χ0) is 12.5. The first-order valence-corrected chi connectivity index (χ1v) is 5.85. The number of likely N-dealkylation sites (tertiary alicyclic amines) is 1. The molecule has 0 N–H and O–H groups in total. The van der Waals surface area contributed by atoms with Crippen molar-refractivity contribution in [2.24, 2.45) is 0 Å². The minimum absolute atomic E-state index is 0.0349. The molecule has 0 spiro atoms. The average molecular weight is 238 g/mol. The van der Waals surface area contributed by atoms with Crippen molar-refractivity contribution in [2.75, 3.05) is 6.54 Å². The van der Waals surface area contributed by atoms with E-state index in [1.165, 1.54) is 6.39 Å². The zero-order valence-corrected chi connectivity index (χ0v) is 10.5. The summed E-state index contributed by atoms with van der Waals surface area (Å²) in [4.78, 5) is 17.6. The molecule has 0 radical (unpaired) electrons. The topological polar surface area (TPSA) is 55.6 Å². The Morgan fingerprint density at radius 2 is 2.35 bits per heavy atom. The van der Waals surface area contributed by atoms with Gasteiger partial charge in [0.2, 0.25) is 0 Å². The van der Waals surface area contributed by atoms with Gasteiger partial charge in [0.1, 0.15) is 11.4 Å². The number of aromatic nitrogens is 1. The fourth-order valence-corrected chi connectivity index (χ4v) is 1.99. The normalized spacial score (nSPS) is 20.6. The third-order valence-electron chi connectivity index (χ3n) is 2.66.